The Kier molecular flexibility index (Phi) is 2.54. The second-order valence-electron chi connectivity index (χ2n) is 3.95. The van der Waals surface area contributed by atoms with Crippen molar-refractivity contribution in [2.24, 2.45) is 0 Å². The van der Waals surface area contributed by atoms with E-state index in [0.717, 1.165) is 11.3 Å². The molecule has 1 aliphatic heterocycles. The molecule has 0 saturated carbocycles. The van der Waals surface area contributed by atoms with E-state index in [2.05, 4.69) is 21.6 Å². The van der Waals surface area contributed by atoms with E-state index in [9.17, 15) is 0 Å². The van der Waals surface area contributed by atoms with Gasteiger partial charge in [-0.2, -0.15) is 10.4 Å². The first-order chi connectivity index (χ1) is 8.88. The molecule has 0 amide bonds. The van der Waals surface area contributed by atoms with E-state index in [0.29, 0.717) is 18.0 Å². The van der Waals surface area contributed by atoms with Gasteiger partial charge < -0.3 is 10.1 Å². The van der Waals surface area contributed by atoms with E-state index in [1.807, 2.05) is 24.3 Å². The molecule has 0 spiro atoms. The van der Waals surface area contributed by atoms with E-state index in [-0.39, 0.29) is 6.04 Å². The van der Waals surface area contributed by atoms with Gasteiger partial charge in [-0.05, 0) is 12.1 Å². The van der Waals surface area contributed by atoms with Crippen LogP contribution in [0.4, 0.5) is 5.82 Å². The molecule has 18 heavy (non-hydrogen) atoms. The van der Waals surface area contributed by atoms with Gasteiger partial charge in [-0.1, -0.05) is 18.2 Å². The molecule has 1 N–H and O–H groups in total. The van der Waals surface area contributed by atoms with Gasteiger partial charge in [0.2, 0.25) is 0 Å². The van der Waals surface area contributed by atoms with Crippen LogP contribution in [0.3, 0.4) is 0 Å². The van der Waals surface area contributed by atoms with Gasteiger partial charge in [-0.25, -0.2) is 0 Å². The molecule has 5 nitrogen and oxygen atoms in total. The zero-order valence-corrected chi connectivity index (χ0v) is 9.50. The second-order valence-corrected chi connectivity index (χ2v) is 3.95. The van der Waals surface area contributed by atoms with Crippen LogP contribution in [0.2, 0.25) is 0 Å². The number of benzene rings is 1. The van der Waals surface area contributed by atoms with Gasteiger partial charge in [0.05, 0.1) is 17.8 Å². The molecule has 5 heteroatoms. The molecule has 1 aromatic carbocycles. The lowest BCUT2D eigenvalue weighted by atomic mass is 10.1. The van der Waals surface area contributed by atoms with Gasteiger partial charge in [0.1, 0.15) is 18.4 Å². The summed E-state index contributed by atoms with van der Waals surface area (Å²) in [6, 6.07) is 11.6. The molecule has 1 unspecified atom stereocenters. The number of fused-ring (bicyclic) bond motifs is 1. The standard InChI is InChI=1S/C13H10N4O/c14-7-9-5-6-15-17-13(9)16-11-8-18-12-4-2-1-3-10(11)12/h1-6,11H,8H2,(H,16,17). The topological polar surface area (TPSA) is 70.8 Å². The first kappa shape index (κ1) is 10.5. The largest absolute Gasteiger partial charge is 0.491 e. The summed E-state index contributed by atoms with van der Waals surface area (Å²) in [5.74, 6) is 1.36. The minimum absolute atomic E-state index is 0.00463. The number of nitrogens with zero attached hydrogens (tertiary/aromatic N) is 3. The number of hydrogen-bond acceptors (Lipinski definition) is 5. The summed E-state index contributed by atoms with van der Waals surface area (Å²) < 4.78 is 5.56. The predicted octanol–water partition coefficient (Wildman–Crippen LogP) is 1.89. The highest BCUT2D eigenvalue weighted by Crippen LogP contribution is 2.33. The van der Waals surface area contributed by atoms with Crippen molar-refractivity contribution in [3.8, 4) is 11.8 Å². The SMILES string of the molecule is N#Cc1ccnnc1NC1COc2ccccc21. The van der Waals surface area contributed by atoms with Gasteiger partial charge in [0.15, 0.2) is 5.82 Å². The monoisotopic (exact) mass is 238 g/mol. The number of aromatic nitrogens is 2. The molecule has 0 bridgehead atoms. The van der Waals surface area contributed by atoms with Crippen molar-refractivity contribution in [2.75, 3.05) is 11.9 Å². The van der Waals surface area contributed by atoms with Gasteiger partial charge in [0.25, 0.3) is 0 Å². The fraction of sp³-hybridized carbons (Fsp3) is 0.154. The average Bonchev–Trinajstić information content (AvgIpc) is 2.83. The fourth-order valence-corrected chi connectivity index (χ4v) is 1.98. The quantitative estimate of drug-likeness (QED) is 0.865. The molecule has 1 aliphatic rings. The molecule has 2 heterocycles. The summed E-state index contributed by atoms with van der Waals surface area (Å²) in [5, 5.41) is 19.9. The Morgan fingerprint density at radius 2 is 2.22 bits per heavy atom. The van der Waals surface area contributed by atoms with E-state index in [1.165, 1.54) is 6.20 Å². The highest BCUT2D eigenvalue weighted by atomic mass is 16.5. The van der Waals surface area contributed by atoms with Crippen LogP contribution in [0.1, 0.15) is 17.2 Å². The van der Waals surface area contributed by atoms with Gasteiger partial charge in [-0.15, -0.1) is 5.10 Å². The van der Waals surface area contributed by atoms with E-state index >= 15 is 0 Å². The normalized spacial score (nSPS) is 16.5. The second kappa shape index (κ2) is 4.34. The Labute approximate surface area is 104 Å². The molecule has 1 atom stereocenters. The van der Waals surface area contributed by atoms with Crippen LogP contribution >= 0.6 is 0 Å². The maximum Gasteiger partial charge on any atom is 0.167 e. The Balaban J connectivity index is 1.89. The zero-order chi connectivity index (χ0) is 12.4. The average molecular weight is 238 g/mol. The van der Waals surface area contributed by atoms with Crippen LogP contribution in [-0.2, 0) is 0 Å². The molecule has 0 saturated heterocycles. The summed E-state index contributed by atoms with van der Waals surface area (Å²) >= 11 is 0. The Hall–Kier alpha value is -2.61. The van der Waals surface area contributed by atoms with Crippen LogP contribution in [0.15, 0.2) is 36.5 Å². The van der Waals surface area contributed by atoms with Crippen molar-refractivity contribution in [1.29, 1.82) is 5.26 Å². The maximum absolute atomic E-state index is 9.00. The van der Waals surface area contributed by atoms with Gasteiger partial charge in [-0.3, -0.25) is 0 Å². The molecular formula is C13H10N4O. The number of hydrogen-bond donors (Lipinski definition) is 1. The highest BCUT2D eigenvalue weighted by Gasteiger charge is 2.24. The third kappa shape index (κ3) is 1.74. The van der Waals surface area contributed by atoms with Crippen molar-refractivity contribution < 1.29 is 4.74 Å². The predicted molar refractivity (Wildman–Crippen MR) is 65.0 cm³/mol. The van der Waals surface area contributed by atoms with Crippen molar-refractivity contribution in [3.05, 3.63) is 47.7 Å². The number of nitrogens with one attached hydrogen (secondary N) is 1. The van der Waals surface area contributed by atoms with Crippen LogP contribution in [0, 0.1) is 11.3 Å². The molecule has 0 aliphatic carbocycles. The zero-order valence-electron chi connectivity index (χ0n) is 9.50. The minimum Gasteiger partial charge on any atom is -0.491 e. The van der Waals surface area contributed by atoms with Crippen molar-refractivity contribution in [3.63, 3.8) is 0 Å². The summed E-state index contributed by atoms with van der Waals surface area (Å²) in [5.41, 5.74) is 1.56. The smallest absolute Gasteiger partial charge is 0.167 e. The number of ether oxygens (including phenoxy) is 1. The third-order valence-corrected chi connectivity index (χ3v) is 2.85. The van der Waals surface area contributed by atoms with Crippen LogP contribution in [0.25, 0.3) is 0 Å². The summed E-state index contributed by atoms with van der Waals surface area (Å²) in [4.78, 5) is 0. The van der Waals surface area contributed by atoms with Crippen LogP contribution in [0.5, 0.6) is 5.75 Å². The Bertz CT molecular complexity index is 620. The summed E-state index contributed by atoms with van der Waals surface area (Å²) in [7, 11) is 0. The van der Waals surface area contributed by atoms with Gasteiger partial charge in [0, 0.05) is 5.56 Å². The highest BCUT2D eigenvalue weighted by molar-refractivity contribution is 5.53. The number of nitriles is 1. The lowest BCUT2D eigenvalue weighted by Gasteiger charge is -2.12. The van der Waals surface area contributed by atoms with E-state index in [4.69, 9.17) is 10.00 Å². The first-order valence-corrected chi connectivity index (χ1v) is 5.58. The molecule has 2 aromatic rings. The molecular weight excluding hydrogens is 228 g/mol. The molecule has 0 fully saturated rings. The number of para-hydroxylation sites is 1. The minimum atomic E-state index is 0.00463. The number of rotatable bonds is 2. The molecule has 1 aromatic heterocycles. The molecule has 3 rings (SSSR count). The third-order valence-electron chi connectivity index (χ3n) is 2.85. The Morgan fingerprint density at radius 3 is 3.11 bits per heavy atom. The first-order valence-electron chi connectivity index (χ1n) is 5.58. The summed E-state index contributed by atoms with van der Waals surface area (Å²) in [6.07, 6.45) is 1.50. The fourth-order valence-electron chi connectivity index (χ4n) is 1.98. The van der Waals surface area contributed by atoms with E-state index < -0.39 is 0 Å². The van der Waals surface area contributed by atoms with Gasteiger partial charge >= 0.3 is 0 Å². The number of anilines is 1. The lowest BCUT2D eigenvalue weighted by molar-refractivity contribution is 0.339. The van der Waals surface area contributed by atoms with Crippen molar-refractivity contribution >= 4 is 5.82 Å². The van der Waals surface area contributed by atoms with E-state index in [1.54, 1.807) is 6.07 Å². The van der Waals surface area contributed by atoms with Crippen molar-refractivity contribution in [1.82, 2.24) is 10.2 Å². The van der Waals surface area contributed by atoms with Crippen LogP contribution < -0.4 is 10.1 Å². The Morgan fingerprint density at radius 1 is 1.33 bits per heavy atom. The molecule has 88 valence electrons. The molecule has 0 radical (unpaired) electrons. The summed E-state index contributed by atoms with van der Waals surface area (Å²) in [6.45, 7) is 0.529. The van der Waals surface area contributed by atoms with Crippen molar-refractivity contribution in [2.45, 2.75) is 6.04 Å². The van der Waals surface area contributed by atoms with Crippen LogP contribution in [-0.4, -0.2) is 16.8 Å². The lowest BCUT2D eigenvalue weighted by Crippen LogP contribution is -2.14. The maximum atomic E-state index is 9.00.